The van der Waals surface area contributed by atoms with Gasteiger partial charge in [-0.2, -0.15) is 0 Å². The molecule has 0 saturated heterocycles. The Balaban J connectivity index is 0. The summed E-state index contributed by atoms with van der Waals surface area (Å²) in [4.78, 5) is 0. The summed E-state index contributed by atoms with van der Waals surface area (Å²) < 4.78 is 0. The van der Waals surface area contributed by atoms with Crippen molar-refractivity contribution in [3.63, 3.8) is 0 Å². The quantitative estimate of drug-likeness (QED) is 0.574. The second kappa shape index (κ2) is 4.73. The second-order valence-electron chi connectivity index (χ2n) is 2.87. The summed E-state index contributed by atoms with van der Waals surface area (Å²) in [5.41, 5.74) is -0.458. The molecule has 1 atom stereocenters. The van der Waals surface area contributed by atoms with Gasteiger partial charge in [-0.1, -0.05) is 20.8 Å². The number of hydrogen-bond donors (Lipinski definition) is 1. The van der Waals surface area contributed by atoms with Crippen LogP contribution in [0.4, 0.5) is 0 Å². The summed E-state index contributed by atoms with van der Waals surface area (Å²) in [6.07, 6.45) is 0.838. The van der Waals surface area contributed by atoms with Gasteiger partial charge in [0.05, 0.1) is 5.60 Å². The molecule has 0 saturated carbocycles. The van der Waals surface area contributed by atoms with Crippen molar-refractivity contribution >= 4 is 29.6 Å². The van der Waals surface area contributed by atoms with Crippen molar-refractivity contribution in [1.82, 2.24) is 0 Å². The minimum Gasteiger partial charge on any atom is -0.390 e. The first-order valence-corrected chi connectivity index (χ1v) is 3.23. The molecule has 0 aromatic heterocycles. The van der Waals surface area contributed by atoms with Crippen LogP contribution in [0.2, 0.25) is 0 Å². The second-order valence-corrected chi connectivity index (χ2v) is 2.87. The van der Waals surface area contributed by atoms with Gasteiger partial charge in [0, 0.05) is 29.6 Å². The van der Waals surface area contributed by atoms with Crippen molar-refractivity contribution in [3.8, 4) is 0 Å². The normalized spacial score (nSPS) is 16.7. The van der Waals surface area contributed by atoms with E-state index in [1.165, 1.54) is 0 Å². The number of rotatable bonds is 2. The zero-order valence-corrected chi connectivity index (χ0v) is 9.23. The first kappa shape index (κ1) is 12.6. The maximum Gasteiger partial charge on any atom is 0.0639 e. The summed E-state index contributed by atoms with van der Waals surface area (Å²) in [5, 5.41) is 9.40. The topological polar surface area (TPSA) is 20.2 Å². The van der Waals surface area contributed by atoms with E-state index in [1.54, 1.807) is 0 Å². The first-order chi connectivity index (χ1) is 3.50. The summed E-state index contributed by atoms with van der Waals surface area (Å²) in [7, 11) is 0. The first-order valence-electron chi connectivity index (χ1n) is 3.23. The molecule has 1 radical (unpaired) electrons. The van der Waals surface area contributed by atoms with E-state index in [0.717, 1.165) is 6.42 Å². The Kier molecular flexibility index (Phi) is 6.63. The summed E-state index contributed by atoms with van der Waals surface area (Å²) in [6.45, 7) is 7.94. The Morgan fingerprint density at radius 3 is 1.78 bits per heavy atom. The van der Waals surface area contributed by atoms with E-state index in [0.29, 0.717) is 5.92 Å². The Morgan fingerprint density at radius 2 is 1.78 bits per heavy atom. The van der Waals surface area contributed by atoms with Gasteiger partial charge in [0.2, 0.25) is 0 Å². The van der Waals surface area contributed by atoms with Gasteiger partial charge in [-0.3, -0.25) is 0 Å². The monoisotopic (exact) mass is 139 g/mol. The molecule has 0 heterocycles. The third kappa shape index (κ3) is 4.38. The van der Waals surface area contributed by atoms with Crippen LogP contribution < -0.4 is 0 Å². The van der Waals surface area contributed by atoms with Crippen LogP contribution in [0.3, 0.4) is 0 Å². The molecule has 0 amide bonds. The maximum absolute atomic E-state index is 9.40. The third-order valence-corrected chi connectivity index (χ3v) is 1.96. The Labute approximate surface area is 80.1 Å². The largest absolute Gasteiger partial charge is 0.390 e. The van der Waals surface area contributed by atoms with Crippen LogP contribution in [-0.4, -0.2) is 40.3 Å². The van der Waals surface area contributed by atoms with Crippen molar-refractivity contribution in [1.29, 1.82) is 0 Å². The van der Waals surface area contributed by atoms with E-state index in [-0.39, 0.29) is 29.6 Å². The Hall–Kier alpha value is 0.960. The molecule has 0 aliphatic rings. The van der Waals surface area contributed by atoms with E-state index in [9.17, 15) is 5.11 Å². The van der Waals surface area contributed by atoms with Crippen LogP contribution in [0.5, 0.6) is 0 Å². The van der Waals surface area contributed by atoms with Crippen LogP contribution in [0.15, 0.2) is 0 Å². The molecule has 1 N–H and O–H groups in total. The molecule has 0 aliphatic heterocycles. The van der Waals surface area contributed by atoms with Crippen molar-refractivity contribution < 1.29 is 5.11 Å². The average molecular weight is 139 g/mol. The molecular formula is C7H16NaO. The van der Waals surface area contributed by atoms with Crippen molar-refractivity contribution in [2.45, 2.75) is 39.7 Å². The Bertz CT molecular complexity index is 69.3. The minimum absolute atomic E-state index is 0. The molecule has 1 nitrogen and oxygen atoms in total. The summed E-state index contributed by atoms with van der Waals surface area (Å²) in [6, 6.07) is 0. The van der Waals surface area contributed by atoms with Gasteiger partial charge in [0.1, 0.15) is 0 Å². The molecule has 0 rings (SSSR count). The predicted octanol–water partition coefficient (Wildman–Crippen LogP) is 1.42. The third-order valence-electron chi connectivity index (χ3n) is 1.96. The van der Waals surface area contributed by atoms with E-state index >= 15 is 0 Å². The minimum atomic E-state index is -0.458. The fourth-order valence-electron chi connectivity index (χ4n) is 0.408. The van der Waals surface area contributed by atoms with Crippen LogP contribution >= 0.6 is 0 Å². The smallest absolute Gasteiger partial charge is 0.0639 e. The van der Waals surface area contributed by atoms with Crippen molar-refractivity contribution in [2.24, 2.45) is 5.92 Å². The molecule has 0 aromatic carbocycles. The van der Waals surface area contributed by atoms with Crippen molar-refractivity contribution in [2.75, 3.05) is 0 Å². The zero-order valence-electron chi connectivity index (χ0n) is 7.23. The van der Waals surface area contributed by atoms with Gasteiger partial charge < -0.3 is 5.11 Å². The Morgan fingerprint density at radius 1 is 1.44 bits per heavy atom. The molecule has 2 heteroatoms. The van der Waals surface area contributed by atoms with Gasteiger partial charge in [-0.25, -0.2) is 0 Å². The predicted molar refractivity (Wildman–Crippen MR) is 41.5 cm³/mol. The van der Waals surface area contributed by atoms with E-state index in [1.807, 2.05) is 27.7 Å². The van der Waals surface area contributed by atoms with Gasteiger partial charge >= 0.3 is 0 Å². The van der Waals surface area contributed by atoms with E-state index in [4.69, 9.17) is 0 Å². The molecule has 0 bridgehead atoms. The number of aliphatic hydroxyl groups is 1. The summed E-state index contributed by atoms with van der Waals surface area (Å²) >= 11 is 0. The van der Waals surface area contributed by atoms with Crippen LogP contribution in [0.25, 0.3) is 0 Å². The van der Waals surface area contributed by atoms with E-state index in [2.05, 4.69) is 0 Å². The van der Waals surface area contributed by atoms with Gasteiger partial charge in [0.25, 0.3) is 0 Å². The molecule has 0 aliphatic carbocycles. The zero-order chi connectivity index (χ0) is 6.78. The standard InChI is InChI=1S/C7H16O.Na/c1-5-7(4,8)6(2)3;/h6,8H,5H2,1-4H3;. The van der Waals surface area contributed by atoms with Gasteiger partial charge in [-0.05, 0) is 19.3 Å². The van der Waals surface area contributed by atoms with Crippen LogP contribution in [0.1, 0.15) is 34.1 Å². The van der Waals surface area contributed by atoms with Gasteiger partial charge in [-0.15, -0.1) is 0 Å². The molecule has 1 unspecified atom stereocenters. The molecule has 0 fully saturated rings. The molecule has 51 valence electrons. The SMILES string of the molecule is CCC(C)(O)C(C)C.[Na]. The molecule has 9 heavy (non-hydrogen) atoms. The van der Waals surface area contributed by atoms with Crippen molar-refractivity contribution in [3.05, 3.63) is 0 Å². The molecule has 0 aromatic rings. The maximum atomic E-state index is 9.40. The van der Waals surface area contributed by atoms with Crippen LogP contribution in [0, 0.1) is 5.92 Å². The molecular weight excluding hydrogens is 123 g/mol. The molecule has 0 spiro atoms. The fraction of sp³-hybridized carbons (Fsp3) is 1.00. The van der Waals surface area contributed by atoms with E-state index < -0.39 is 5.60 Å². The number of hydrogen-bond acceptors (Lipinski definition) is 1. The van der Waals surface area contributed by atoms with Crippen LogP contribution in [-0.2, 0) is 0 Å². The average Bonchev–Trinajstić information content (AvgIpc) is 1.67. The van der Waals surface area contributed by atoms with Gasteiger partial charge in [0.15, 0.2) is 0 Å². The summed E-state index contributed by atoms with van der Waals surface area (Å²) in [5.74, 6) is 0.368. The fourth-order valence-corrected chi connectivity index (χ4v) is 0.408.